The van der Waals surface area contributed by atoms with Crippen molar-refractivity contribution in [3.63, 3.8) is 0 Å². The van der Waals surface area contributed by atoms with E-state index in [0.29, 0.717) is 6.42 Å². The van der Waals surface area contributed by atoms with E-state index in [0.717, 1.165) is 4.90 Å². The number of rotatable bonds is 7. The number of benzene rings is 2. The quantitative estimate of drug-likeness (QED) is 0.273. The first-order valence-electron chi connectivity index (χ1n) is 10.3. The third-order valence-electron chi connectivity index (χ3n) is 5.63. The van der Waals surface area contributed by atoms with Crippen LogP contribution in [0.25, 0.3) is 0 Å². The number of nitro benzene ring substituents is 1. The highest BCUT2D eigenvalue weighted by molar-refractivity contribution is 6.23. The molecule has 10 nitrogen and oxygen atoms in total. The summed E-state index contributed by atoms with van der Waals surface area (Å²) in [5, 5.41) is 10.9. The Morgan fingerprint density at radius 2 is 1.70 bits per heavy atom. The topological polar surface area (TPSA) is 127 Å². The molecule has 0 radical (unpaired) electrons. The maximum atomic E-state index is 13.3. The fourth-order valence-electron chi connectivity index (χ4n) is 3.69. The highest BCUT2D eigenvalue weighted by Gasteiger charge is 2.45. The van der Waals surface area contributed by atoms with Gasteiger partial charge in [-0.3, -0.25) is 24.5 Å². The van der Waals surface area contributed by atoms with Crippen LogP contribution in [0.2, 0.25) is 0 Å². The lowest BCUT2D eigenvalue weighted by molar-refractivity contribution is -0.384. The Hall–Kier alpha value is -4.08. The molecule has 10 heteroatoms. The molecule has 2 aromatic rings. The summed E-state index contributed by atoms with van der Waals surface area (Å²) in [5.41, 5.74) is 0.580. The van der Waals surface area contributed by atoms with Gasteiger partial charge < -0.3 is 9.64 Å². The third kappa shape index (κ3) is 4.59. The molecule has 0 saturated carbocycles. The molecule has 2 unspecified atom stereocenters. The van der Waals surface area contributed by atoms with Gasteiger partial charge in [0.25, 0.3) is 17.5 Å². The van der Waals surface area contributed by atoms with Crippen molar-refractivity contribution >= 4 is 35.1 Å². The van der Waals surface area contributed by atoms with Crippen molar-refractivity contribution in [2.75, 3.05) is 12.0 Å². The number of carbonyl (C=O) groups is 4. The number of hydrogen-bond donors (Lipinski definition) is 0. The minimum absolute atomic E-state index is 0.157. The van der Waals surface area contributed by atoms with E-state index >= 15 is 0 Å². The van der Waals surface area contributed by atoms with Crippen LogP contribution in [0.5, 0.6) is 0 Å². The van der Waals surface area contributed by atoms with Crippen molar-refractivity contribution in [3.8, 4) is 0 Å². The summed E-state index contributed by atoms with van der Waals surface area (Å²) in [4.78, 5) is 63.7. The number of amides is 3. The summed E-state index contributed by atoms with van der Waals surface area (Å²) in [5.74, 6) is -2.06. The normalized spacial score (nSPS) is 16.5. The molecule has 0 aliphatic carbocycles. The van der Waals surface area contributed by atoms with E-state index in [9.17, 15) is 29.3 Å². The Morgan fingerprint density at radius 3 is 2.21 bits per heavy atom. The highest BCUT2D eigenvalue weighted by atomic mass is 16.6. The van der Waals surface area contributed by atoms with Crippen molar-refractivity contribution in [3.05, 3.63) is 69.8 Å². The fraction of sp³-hybridized carbons (Fsp3) is 0.304. The van der Waals surface area contributed by atoms with Gasteiger partial charge in [0.1, 0.15) is 6.04 Å². The summed E-state index contributed by atoms with van der Waals surface area (Å²) in [6.45, 7) is 3.63. The molecule has 1 aliphatic rings. The number of methoxy groups -OCH3 is 1. The van der Waals surface area contributed by atoms with E-state index in [1.807, 2.05) is 6.92 Å². The van der Waals surface area contributed by atoms with Crippen LogP contribution in [-0.2, 0) is 14.3 Å². The molecule has 0 spiro atoms. The molecule has 1 fully saturated rings. The largest absolute Gasteiger partial charge is 0.465 e. The summed E-state index contributed by atoms with van der Waals surface area (Å²) in [6, 6.07) is 9.56. The maximum absolute atomic E-state index is 13.3. The van der Waals surface area contributed by atoms with Crippen molar-refractivity contribution < 1.29 is 28.8 Å². The maximum Gasteiger partial charge on any atom is 0.337 e. The number of hydrogen-bond acceptors (Lipinski definition) is 7. The van der Waals surface area contributed by atoms with Crippen LogP contribution in [0.1, 0.15) is 47.4 Å². The van der Waals surface area contributed by atoms with E-state index in [2.05, 4.69) is 4.74 Å². The molecule has 1 aliphatic heterocycles. The Balaban J connectivity index is 1.90. The number of nitro groups is 1. The second-order valence-corrected chi connectivity index (χ2v) is 7.60. The van der Waals surface area contributed by atoms with E-state index in [1.54, 1.807) is 6.92 Å². The predicted molar refractivity (Wildman–Crippen MR) is 118 cm³/mol. The van der Waals surface area contributed by atoms with E-state index < -0.39 is 34.7 Å². The zero-order valence-electron chi connectivity index (χ0n) is 18.4. The van der Waals surface area contributed by atoms with E-state index in [1.165, 1.54) is 60.5 Å². The van der Waals surface area contributed by atoms with E-state index in [4.69, 9.17) is 0 Å². The van der Waals surface area contributed by atoms with Crippen LogP contribution in [0.15, 0.2) is 48.5 Å². The molecular formula is C23H23N3O7. The van der Waals surface area contributed by atoms with Gasteiger partial charge in [-0.1, -0.05) is 6.92 Å². The van der Waals surface area contributed by atoms with Gasteiger partial charge in [0.2, 0.25) is 5.91 Å². The fourth-order valence-corrected chi connectivity index (χ4v) is 3.69. The summed E-state index contributed by atoms with van der Waals surface area (Å²) >= 11 is 0. The minimum atomic E-state index is -1.02. The highest BCUT2D eigenvalue weighted by Crippen LogP contribution is 2.29. The minimum Gasteiger partial charge on any atom is -0.465 e. The molecule has 33 heavy (non-hydrogen) atoms. The average molecular weight is 453 g/mol. The Kier molecular flexibility index (Phi) is 6.86. The van der Waals surface area contributed by atoms with Gasteiger partial charge in [-0.15, -0.1) is 0 Å². The first-order valence-corrected chi connectivity index (χ1v) is 10.3. The molecule has 2 aromatic carbocycles. The number of carbonyl (C=O) groups excluding carboxylic acids is 4. The Bertz CT molecular complexity index is 1100. The molecule has 1 heterocycles. The van der Waals surface area contributed by atoms with Gasteiger partial charge in [0.15, 0.2) is 0 Å². The Morgan fingerprint density at radius 1 is 1.12 bits per heavy atom. The third-order valence-corrected chi connectivity index (χ3v) is 5.63. The number of esters is 1. The molecule has 3 amide bonds. The summed E-state index contributed by atoms with van der Waals surface area (Å²) < 4.78 is 4.65. The number of ether oxygens (including phenoxy) is 1. The lowest BCUT2D eigenvalue weighted by Gasteiger charge is -2.33. The van der Waals surface area contributed by atoms with Gasteiger partial charge >= 0.3 is 5.97 Å². The van der Waals surface area contributed by atoms with Crippen LogP contribution >= 0.6 is 0 Å². The molecule has 0 aromatic heterocycles. The van der Waals surface area contributed by atoms with E-state index in [-0.39, 0.29) is 35.0 Å². The number of imide groups is 1. The van der Waals surface area contributed by atoms with Crippen LogP contribution in [0.4, 0.5) is 11.4 Å². The Labute approximate surface area is 189 Å². The lowest BCUT2D eigenvalue weighted by Crippen LogP contribution is -2.49. The number of non-ortho nitro benzene ring substituents is 1. The smallest absolute Gasteiger partial charge is 0.337 e. The standard InChI is InChI=1S/C23H23N3O7/c1-4-14(2)24(21(28)15-5-11-18(12-6-15)26(31)32)19-13-20(27)25(22(19)29)17-9-7-16(8-10-17)23(30)33-3/h5-12,14,19H,4,13H2,1-3H3. The molecule has 172 valence electrons. The van der Waals surface area contributed by atoms with Gasteiger partial charge in [-0.25, -0.2) is 9.69 Å². The van der Waals surface area contributed by atoms with Crippen molar-refractivity contribution in [1.29, 1.82) is 0 Å². The molecule has 0 N–H and O–H groups in total. The van der Waals surface area contributed by atoms with Gasteiger partial charge in [0.05, 0.1) is 29.7 Å². The monoisotopic (exact) mass is 453 g/mol. The number of anilines is 1. The lowest BCUT2D eigenvalue weighted by atomic mass is 10.1. The second-order valence-electron chi connectivity index (χ2n) is 7.60. The van der Waals surface area contributed by atoms with Crippen molar-refractivity contribution in [1.82, 2.24) is 4.90 Å². The zero-order chi connectivity index (χ0) is 24.3. The molecule has 1 saturated heterocycles. The predicted octanol–water partition coefficient (Wildman–Crippen LogP) is 2.95. The van der Waals surface area contributed by atoms with Crippen LogP contribution < -0.4 is 4.90 Å². The number of nitrogens with zero attached hydrogens (tertiary/aromatic N) is 3. The molecule has 0 bridgehead atoms. The van der Waals surface area contributed by atoms with Crippen LogP contribution in [0.3, 0.4) is 0 Å². The first kappa shape index (κ1) is 23.6. The van der Waals surface area contributed by atoms with Crippen molar-refractivity contribution in [2.24, 2.45) is 0 Å². The van der Waals surface area contributed by atoms with Crippen molar-refractivity contribution in [2.45, 2.75) is 38.8 Å². The van der Waals surface area contributed by atoms with Crippen LogP contribution in [0, 0.1) is 10.1 Å². The molecular weight excluding hydrogens is 430 g/mol. The van der Waals surface area contributed by atoms with Gasteiger partial charge in [-0.2, -0.15) is 0 Å². The van der Waals surface area contributed by atoms with Gasteiger partial charge in [-0.05, 0) is 49.7 Å². The first-order chi connectivity index (χ1) is 15.7. The molecule has 2 atom stereocenters. The zero-order valence-corrected chi connectivity index (χ0v) is 18.4. The SMILES string of the molecule is CCC(C)N(C(=O)c1ccc([N+](=O)[O-])cc1)C1CC(=O)N(c2ccc(C(=O)OC)cc2)C1=O. The van der Waals surface area contributed by atoms with Crippen LogP contribution in [-0.4, -0.2) is 52.7 Å². The second kappa shape index (κ2) is 9.60. The summed E-state index contributed by atoms with van der Waals surface area (Å²) in [6.07, 6.45) is 0.338. The molecule has 3 rings (SSSR count). The van der Waals surface area contributed by atoms with Gasteiger partial charge in [0, 0.05) is 23.7 Å². The average Bonchev–Trinajstić information content (AvgIpc) is 3.11. The summed E-state index contributed by atoms with van der Waals surface area (Å²) in [7, 11) is 1.25.